The summed E-state index contributed by atoms with van der Waals surface area (Å²) in [5.41, 5.74) is 0. The lowest BCUT2D eigenvalue weighted by Crippen LogP contribution is -1.89. The quantitative estimate of drug-likeness (QED) is 0.745. The molecule has 0 spiro atoms. The van der Waals surface area contributed by atoms with Crippen molar-refractivity contribution in [3.8, 4) is 5.75 Å². The van der Waals surface area contributed by atoms with Crippen LogP contribution in [0.2, 0.25) is 0 Å². The molecule has 1 aromatic heterocycles. The molecule has 15 heavy (non-hydrogen) atoms. The van der Waals surface area contributed by atoms with E-state index >= 15 is 0 Å². The zero-order valence-corrected chi connectivity index (χ0v) is 9.80. The molecule has 0 fully saturated rings. The zero-order valence-electron chi connectivity index (χ0n) is 8.99. The molecule has 1 nitrogen and oxygen atoms in total. The highest BCUT2D eigenvalue weighted by Gasteiger charge is 2.00. The topological polar surface area (TPSA) is 9.23 Å². The molecule has 78 valence electrons. The van der Waals surface area contributed by atoms with E-state index in [1.54, 1.807) is 11.3 Å². The van der Waals surface area contributed by atoms with Gasteiger partial charge < -0.3 is 4.74 Å². The van der Waals surface area contributed by atoms with Crippen molar-refractivity contribution in [2.45, 2.75) is 13.8 Å². The molecule has 0 radical (unpaired) electrons. The summed E-state index contributed by atoms with van der Waals surface area (Å²) in [7, 11) is 0. The third kappa shape index (κ3) is 2.21. The van der Waals surface area contributed by atoms with Crippen molar-refractivity contribution in [2.75, 3.05) is 6.61 Å². The molecule has 1 aromatic carbocycles. The van der Waals surface area contributed by atoms with Crippen LogP contribution in [-0.2, 0) is 0 Å². The van der Waals surface area contributed by atoms with Crippen LogP contribution in [0.4, 0.5) is 0 Å². The number of thiophene rings is 1. The van der Waals surface area contributed by atoms with E-state index < -0.39 is 0 Å². The smallest absolute Gasteiger partial charge is 0.120 e. The molecule has 0 aliphatic rings. The van der Waals surface area contributed by atoms with E-state index in [0.717, 1.165) is 12.4 Å². The molecule has 0 saturated carbocycles. The van der Waals surface area contributed by atoms with Gasteiger partial charge in [0.25, 0.3) is 0 Å². The van der Waals surface area contributed by atoms with Crippen molar-refractivity contribution in [3.05, 3.63) is 35.2 Å². The minimum absolute atomic E-state index is 0.721. The lowest BCUT2D eigenvalue weighted by Gasteiger charge is -2.01. The Morgan fingerprint density at radius 2 is 2.20 bits per heavy atom. The second-order valence-corrected chi connectivity index (χ2v) is 4.40. The molecular weight excluding hydrogens is 204 g/mol. The number of hydrogen-bond acceptors (Lipinski definition) is 2. The maximum absolute atomic E-state index is 5.47. The number of hydrogen-bond donors (Lipinski definition) is 0. The van der Waals surface area contributed by atoms with Gasteiger partial charge in [0.15, 0.2) is 0 Å². The highest BCUT2D eigenvalue weighted by atomic mass is 32.1. The van der Waals surface area contributed by atoms with Gasteiger partial charge in [0.05, 0.1) is 6.61 Å². The molecule has 2 aromatic rings. The summed E-state index contributed by atoms with van der Waals surface area (Å²) in [6.45, 7) is 4.76. The van der Waals surface area contributed by atoms with Crippen LogP contribution in [0.5, 0.6) is 5.75 Å². The fourth-order valence-electron chi connectivity index (χ4n) is 1.53. The van der Waals surface area contributed by atoms with Crippen LogP contribution in [0.15, 0.2) is 30.3 Å². The summed E-state index contributed by atoms with van der Waals surface area (Å²) in [4.78, 5) is 1.29. The van der Waals surface area contributed by atoms with Gasteiger partial charge in [-0.1, -0.05) is 6.08 Å². The number of fused-ring (bicyclic) bond motifs is 1. The van der Waals surface area contributed by atoms with Crippen molar-refractivity contribution in [1.82, 2.24) is 0 Å². The van der Waals surface area contributed by atoms with Gasteiger partial charge in [0.1, 0.15) is 5.75 Å². The Kier molecular flexibility index (Phi) is 3.07. The minimum Gasteiger partial charge on any atom is -0.494 e. The molecule has 0 bridgehead atoms. The lowest BCUT2D eigenvalue weighted by molar-refractivity contribution is 0.341. The van der Waals surface area contributed by atoms with Crippen molar-refractivity contribution in [1.29, 1.82) is 0 Å². The van der Waals surface area contributed by atoms with Gasteiger partial charge in [-0.15, -0.1) is 11.3 Å². The number of allylic oxidation sites excluding steroid dienone is 1. The maximum Gasteiger partial charge on any atom is 0.120 e. The Hall–Kier alpha value is -1.28. The van der Waals surface area contributed by atoms with Gasteiger partial charge in [-0.3, -0.25) is 0 Å². The average molecular weight is 218 g/mol. The first-order valence-corrected chi connectivity index (χ1v) is 5.94. The van der Waals surface area contributed by atoms with E-state index in [1.165, 1.54) is 15.0 Å². The predicted molar refractivity (Wildman–Crippen MR) is 67.7 cm³/mol. The number of benzene rings is 1. The SMILES string of the molecule is C/C=C/c1cc2ccc(OCC)cc2s1. The Bertz CT molecular complexity index is 482. The summed E-state index contributed by atoms with van der Waals surface area (Å²) in [5.74, 6) is 0.957. The number of rotatable bonds is 3. The molecular formula is C13H14OS. The first-order valence-electron chi connectivity index (χ1n) is 5.12. The van der Waals surface area contributed by atoms with Crippen LogP contribution in [0, 0.1) is 0 Å². The molecule has 0 aliphatic carbocycles. The predicted octanol–water partition coefficient (Wildman–Crippen LogP) is 4.33. The van der Waals surface area contributed by atoms with E-state index in [9.17, 15) is 0 Å². The summed E-state index contributed by atoms with van der Waals surface area (Å²) in [5, 5.41) is 1.29. The molecule has 0 N–H and O–H groups in total. The van der Waals surface area contributed by atoms with E-state index in [2.05, 4.69) is 30.4 Å². The van der Waals surface area contributed by atoms with Crippen LogP contribution in [0.3, 0.4) is 0 Å². The lowest BCUT2D eigenvalue weighted by atomic mass is 10.2. The van der Waals surface area contributed by atoms with Crippen LogP contribution < -0.4 is 4.74 Å². The first kappa shape index (κ1) is 10.2. The Morgan fingerprint density at radius 1 is 1.33 bits per heavy atom. The Labute approximate surface area is 94.0 Å². The molecule has 1 heterocycles. The van der Waals surface area contributed by atoms with Crippen LogP contribution in [0.1, 0.15) is 18.7 Å². The standard InChI is InChI=1S/C13H14OS/c1-3-5-12-8-10-6-7-11(14-4-2)9-13(10)15-12/h3,5-9H,4H2,1-2H3/b5-3+. The summed E-state index contributed by atoms with van der Waals surface area (Å²) < 4.78 is 6.76. The highest BCUT2D eigenvalue weighted by Crippen LogP contribution is 2.29. The molecule has 0 unspecified atom stereocenters. The largest absolute Gasteiger partial charge is 0.494 e. The average Bonchev–Trinajstić information content (AvgIpc) is 2.60. The Balaban J connectivity index is 2.42. The third-order valence-electron chi connectivity index (χ3n) is 2.15. The minimum atomic E-state index is 0.721. The van der Waals surface area contributed by atoms with Crippen LogP contribution in [-0.4, -0.2) is 6.61 Å². The van der Waals surface area contributed by atoms with E-state index in [-0.39, 0.29) is 0 Å². The second kappa shape index (κ2) is 4.49. The van der Waals surface area contributed by atoms with Gasteiger partial charge in [-0.25, -0.2) is 0 Å². The summed E-state index contributed by atoms with van der Waals surface area (Å²) in [6, 6.07) is 8.45. The van der Waals surface area contributed by atoms with Gasteiger partial charge in [0.2, 0.25) is 0 Å². The van der Waals surface area contributed by atoms with Crippen LogP contribution >= 0.6 is 11.3 Å². The van der Waals surface area contributed by atoms with Crippen molar-refractivity contribution in [3.63, 3.8) is 0 Å². The number of ether oxygens (including phenoxy) is 1. The Morgan fingerprint density at radius 3 is 2.93 bits per heavy atom. The molecule has 2 rings (SSSR count). The van der Waals surface area contributed by atoms with Crippen molar-refractivity contribution in [2.24, 2.45) is 0 Å². The van der Waals surface area contributed by atoms with Gasteiger partial charge in [0, 0.05) is 9.58 Å². The van der Waals surface area contributed by atoms with Crippen molar-refractivity contribution >= 4 is 27.5 Å². The van der Waals surface area contributed by atoms with E-state index in [4.69, 9.17) is 4.74 Å². The van der Waals surface area contributed by atoms with E-state index in [0.29, 0.717) is 0 Å². The van der Waals surface area contributed by atoms with Gasteiger partial charge >= 0.3 is 0 Å². The molecule has 0 aliphatic heterocycles. The maximum atomic E-state index is 5.47. The highest BCUT2D eigenvalue weighted by molar-refractivity contribution is 7.19. The van der Waals surface area contributed by atoms with Gasteiger partial charge in [-0.05, 0) is 49.6 Å². The van der Waals surface area contributed by atoms with E-state index in [1.807, 2.05) is 19.9 Å². The first-order chi connectivity index (χ1) is 7.33. The van der Waals surface area contributed by atoms with Crippen molar-refractivity contribution < 1.29 is 4.74 Å². The monoisotopic (exact) mass is 218 g/mol. The second-order valence-electron chi connectivity index (χ2n) is 3.28. The zero-order chi connectivity index (χ0) is 10.7. The molecule has 0 saturated heterocycles. The molecule has 0 amide bonds. The van der Waals surface area contributed by atoms with Gasteiger partial charge in [-0.2, -0.15) is 0 Å². The normalized spacial score (nSPS) is 11.3. The summed E-state index contributed by atoms with van der Waals surface area (Å²) >= 11 is 1.80. The summed E-state index contributed by atoms with van der Waals surface area (Å²) in [6.07, 6.45) is 4.19. The fourth-order valence-corrected chi connectivity index (χ4v) is 2.60. The van der Waals surface area contributed by atoms with Crippen LogP contribution in [0.25, 0.3) is 16.2 Å². The fraction of sp³-hybridized carbons (Fsp3) is 0.231. The third-order valence-corrected chi connectivity index (χ3v) is 3.22. The molecule has 0 atom stereocenters. The molecule has 2 heteroatoms.